The first-order valence-corrected chi connectivity index (χ1v) is 7.02. The van der Waals surface area contributed by atoms with Crippen LogP contribution in [-0.2, 0) is 6.54 Å². The van der Waals surface area contributed by atoms with E-state index in [-0.39, 0.29) is 11.6 Å². The predicted octanol–water partition coefficient (Wildman–Crippen LogP) is 0.529. The molecule has 2 N–H and O–H groups in total. The number of benzene rings is 1. The smallest absolute Gasteiger partial charge is 0.258 e. The molecule has 0 radical (unpaired) electrons. The number of nitriles is 1. The van der Waals surface area contributed by atoms with E-state index in [2.05, 4.69) is 21.4 Å². The molecule has 0 saturated carbocycles. The van der Waals surface area contributed by atoms with Crippen molar-refractivity contribution in [1.29, 1.82) is 5.26 Å². The number of aromatic nitrogens is 2. The molecule has 21 heavy (non-hydrogen) atoms. The number of rotatable bonds is 2. The molecular formula is C15H17N5O. The molecule has 1 unspecified atom stereocenters. The van der Waals surface area contributed by atoms with E-state index in [4.69, 9.17) is 0 Å². The van der Waals surface area contributed by atoms with Crippen LogP contribution in [0.15, 0.2) is 23.0 Å². The van der Waals surface area contributed by atoms with Gasteiger partial charge in [-0.3, -0.25) is 9.69 Å². The Morgan fingerprint density at radius 2 is 2.38 bits per heavy atom. The third-order valence-electron chi connectivity index (χ3n) is 3.84. The SMILES string of the molecule is Cc1cccc2c(=O)[nH]c(CN3CCNCC3C#N)nc12. The lowest BCUT2D eigenvalue weighted by Gasteiger charge is -2.31. The van der Waals surface area contributed by atoms with E-state index in [9.17, 15) is 10.1 Å². The van der Waals surface area contributed by atoms with Gasteiger partial charge in [0.25, 0.3) is 5.56 Å². The number of H-pyrrole nitrogens is 1. The second-order valence-electron chi connectivity index (χ2n) is 5.30. The second-order valence-corrected chi connectivity index (χ2v) is 5.30. The van der Waals surface area contributed by atoms with Gasteiger partial charge in [0, 0.05) is 19.6 Å². The van der Waals surface area contributed by atoms with Crippen molar-refractivity contribution in [2.45, 2.75) is 19.5 Å². The van der Waals surface area contributed by atoms with Gasteiger partial charge in [-0.1, -0.05) is 12.1 Å². The summed E-state index contributed by atoms with van der Waals surface area (Å²) in [5.74, 6) is 0.615. The first-order valence-electron chi connectivity index (χ1n) is 7.02. The maximum Gasteiger partial charge on any atom is 0.258 e. The Balaban J connectivity index is 1.96. The van der Waals surface area contributed by atoms with Crippen LogP contribution in [-0.4, -0.2) is 40.5 Å². The lowest BCUT2D eigenvalue weighted by Crippen LogP contribution is -2.50. The van der Waals surface area contributed by atoms with Crippen LogP contribution in [0, 0.1) is 18.3 Å². The van der Waals surface area contributed by atoms with Gasteiger partial charge in [-0.05, 0) is 18.6 Å². The molecule has 2 aromatic rings. The maximum absolute atomic E-state index is 12.2. The minimum Gasteiger partial charge on any atom is -0.313 e. The van der Waals surface area contributed by atoms with Crippen molar-refractivity contribution in [1.82, 2.24) is 20.2 Å². The molecule has 1 fully saturated rings. The van der Waals surface area contributed by atoms with Crippen LogP contribution in [0.2, 0.25) is 0 Å². The van der Waals surface area contributed by atoms with E-state index in [1.54, 1.807) is 6.07 Å². The molecule has 0 amide bonds. The van der Waals surface area contributed by atoms with Gasteiger partial charge < -0.3 is 10.3 Å². The van der Waals surface area contributed by atoms with Gasteiger partial charge in [-0.15, -0.1) is 0 Å². The minimum absolute atomic E-state index is 0.123. The van der Waals surface area contributed by atoms with Crippen molar-refractivity contribution in [3.63, 3.8) is 0 Å². The summed E-state index contributed by atoms with van der Waals surface area (Å²) in [6, 6.07) is 7.68. The average Bonchev–Trinajstić information content (AvgIpc) is 2.49. The molecule has 1 aliphatic heterocycles. The molecule has 1 aromatic heterocycles. The standard InChI is InChI=1S/C15H17N5O/c1-10-3-2-4-12-14(10)18-13(19-15(12)21)9-20-6-5-17-8-11(20)7-16/h2-4,11,17H,5-6,8-9H2,1H3,(H,18,19,21). The number of nitrogens with one attached hydrogen (secondary N) is 2. The van der Waals surface area contributed by atoms with Crippen LogP contribution in [0.25, 0.3) is 10.9 Å². The number of hydrogen-bond acceptors (Lipinski definition) is 5. The predicted molar refractivity (Wildman–Crippen MR) is 79.8 cm³/mol. The van der Waals surface area contributed by atoms with Gasteiger partial charge in [0.2, 0.25) is 0 Å². The van der Waals surface area contributed by atoms with E-state index in [0.717, 1.165) is 24.2 Å². The number of para-hydroxylation sites is 1. The fraction of sp³-hybridized carbons (Fsp3) is 0.400. The van der Waals surface area contributed by atoms with Crippen molar-refractivity contribution >= 4 is 10.9 Å². The molecule has 1 atom stereocenters. The molecule has 0 spiro atoms. The van der Waals surface area contributed by atoms with Crippen LogP contribution in [0.4, 0.5) is 0 Å². The summed E-state index contributed by atoms with van der Waals surface area (Å²) in [7, 11) is 0. The highest BCUT2D eigenvalue weighted by Gasteiger charge is 2.22. The van der Waals surface area contributed by atoms with Gasteiger partial charge in [-0.2, -0.15) is 5.26 Å². The quantitative estimate of drug-likeness (QED) is 0.840. The van der Waals surface area contributed by atoms with Gasteiger partial charge >= 0.3 is 0 Å². The number of hydrogen-bond donors (Lipinski definition) is 2. The Morgan fingerprint density at radius 3 is 3.19 bits per heavy atom. The summed E-state index contributed by atoms with van der Waals surface area (Å²) >= 11 is 0. The van der Waals surface area contributed by atoms with Crippen molar-refractivity contribution < 1.29 is 0 Å². The molecule has 6 heteroatoms. The van der Waals surface area contributed by atoms with Crippen molar-refractivity contribution in [2.75, 3.05) is 19.6 Å². The molecule has 0 aliphatic carbocycles. The summed E-state index contributed by atoms with van der Waals surface area (Å²) in [5, 5.41) is 13.0. The molecule has 1 aliphatic rings. The second kappa shape index (κ2) is 5.64. The lowest BCUT2D eigenvalue weighted by molar-refractivity contribution is 0.185. The first kappa shape index (κ1) is 13.7. The molecule has 108 valence electrons. The summed E-state index contributed by atoms with van der Waals surface area (Å²) in [4.78, 5) is 21.6. The van der Waals surface area contributed by atoms with Crippen molar-refractivity contribution in [2.24, 2.45) is 0 Å². The number of fused-ring (bicyclic) bond motifs is 1. The zero-order valence-electron chi connectivity index (χ0n) is 11.9. The topological polar surface area (TPSA) is 84.8 Å². The first-order chi connectivity index (χ1) is 10.2. The highest BCUT2D eigenvalue weighted by Crippen LogP contribution is 2.13. The Hall–Kier alpha value is -2.23. The average molecular weight is 283 g/mol. The molecule has 1 saturated heterocycles. The van der Waals surface area contributed by atoms with E-state index in [1.807, 2.05) is 24.0 Å². The number of piperazine rings is 1. The fourth-order valence-electron chi connectivity index (χ4n) is 2.68. The Bertz CT molecular complexity index is 761. The van der Waals surface area contributed by atoms with Gasteiger partial charge in [0.15, 0.2) is 0 Å². The Kier molecular flexibility index (Phi) is 3.69. The third kappa shape index (κ3) is 2.66. The van der Waals surface area contributed by atoms with Crippen LogP contribution in [0.5, 0.6) is 0 Å². The van der Waals surface area contributed by atoms with Crippen LogP contribution in [0.1, 0.15) is 11.4 Å². The third-order valence-corrected chi connectivity index (χ3v) is 3.84. The fourth-order valence-corrected chi connectivity index (χ4v) is 2.68. The largest absolute Gasteiger partial charge is 0.313 e. The molecule has 2 heterocycles. The number of aryl methyl sites for hydroxylation is 1. The normalized spacial score (nSPS) is 19.5. The van der Waals surface area contributed by atoms with Gasteiger partial charge in [0.05, 0.1) is 23.5 Å². The Morgan fingerprint density at radius 1 is 1.52 bits per heavy atom. The van der Waals surface area contributed by atoms with E-state index in [0.29, 0.717) is 24.3 Å². The molecule has 1 aromatic carbocycles. The highest BCUT2D eigenvalue weighted by atomic mass is 16.1. The van der Waals surface area contributed by atoms with Gasteiger partial charge in [0.1, 0.15) is 11.9 Å². The molecule has 6 nitrogen and oxygen atoms in total. The lowest BCUT2D eigenvalue weighted by atomic mass is 10.1. The Labute approximate surface area is 122 Å². The van der Waals surface area contributed by atoms with E-state index in [1.165, 1.54) is 0 Å². The van der Waals surface area contributed by atoms with Crippen molar-refractivity contribution in [3.8, 4) is 6.07 Å². The molecule has 3 rings (SSSR count). The highest BCUT2D eigenvalue weighted by molar-refractivity contribution is 5.80. The minimum atomic E-state index is -0.184. The summed E-state index contributed by atoms with van der Waals surface area (Å²) in [6.07, 6.45) is 0. The maximum atomic E-state index is 12.2. The van der Waals surface area contributed by atoms with E-state index < -0.39 is 0 Å². The van der Waals surface area contributed by atoms with E-state index >= 15 is 0 Å². The molecular weight excluding hydrogens is 266 g/mol. The number of nitrogens with zero attached hydrogens (tertiary/aromatic N) is 3. The van der Waals surface area contributed by atoms with Crippen molar-refractivity contribution in [3.05, 3.63) is 39.9 Å². The summed E-state index contributed by atoms with van der Waals surface area (Å²) in [6.45, 7) is 4.69. The number of aromatic amines is 1. The monoisotopic (exact) mass is 283 g/mol. The molecule has 0 bridgehead atoms. The van der Waals surface area contributed by atoms with Crippen LogP contribution < -0.4 is 10.9 Å². The van der Waals surface area contributed by atoms with Crippen LogP contribution in [0.3, 0.4) is 0 Å². The van der Waals surface area contributed by atoms with Crippen LogP contribution >= 0.6 is 0 Å². The summed E-state index contributed by atoms with van der Waals surface area (Å²) in [5.41, 5.74) is 1.60. The van der Waals surface area contributed by atoms with Gasteiger partial charge in [-0.25, -0.2) is 4.98 Å². The zero-order valence-corrected chi connectivity index (χ0v) is 11.9. The summed E-state index contributed by atoms with van der Waals surface area (Å²) < 4.78 is 0. The zero-order chi connectivity index (χ0) is 14.8.